The van der Waals surface area contributed by atoms with Gasteiger partial charge in [-0.1, -0.05) is 36.4 Å². The number of likely N-dealkylation sites (tertiary alicyclic amines) is 1. The number of nitrogens with one attached hydrogen (secondary N) is 1. The number of hydrogen-bond donors (Lipinski definition) is 2. The monoisotopic (exact) mass is 547 g/mol. The number of amides is 1. The number of piperidine rings is 1. The van der Waals surface area contributed by atoms with Crippen LogP contribution in [0.1, 0.15) is 13.0 Å². The minimum absolute atomic E-state index is 0.0847. The summed E-state index contributed by atoms with van der Waals surface area (Å²) in [5, 5.41) is 13.4. The van der Waals surface area contributed by atoms with Crippen LogP contribution in [-0.4, -0.2) is 60.5 Å². The topological polar surface area (TPSA) is 101 Å². The number of carbonyl (C=O) groups excluding carboxylic acids is 1. The molecule has 2 N–H and O–H groups in total. The highest BCUT2D eigenvalue weighted by atomic mass is 32.2. The number of halogens is 3. The lowest BCUT2D eigenvalue weighted by Gasteiger charge is -2.42. The first-order valence-electron chi connectivity index (χ1n) is 11.7. The number of fused-ring (bicyclic) bond motifs is 3. The van der Waals surface area contributed by atoms with Crippen LogP contribution in [0.4, 0.5) is 13.2 Å². The van der Waals surface area contributed by atoms with Gasteiger partial charge in [0.25, 0.3) is 0 Å². The van der Waals surface area contributed by atoms with E-state index in [1.54, 1.807) is 0 Å². The molecule has 1 saturated heterocycles. The number of aliphatic hydroxyl groups excluding tert-OH is 1. The third-order valence-electron chi connectivity index (χ3n) is 6.70. The van der Waals surface area contributed by atoms with Crippen molar-refractivity contribution in [2.75, 3.05) is 13.1 Å². The third-order valence-corrected chi connectivity index (χ3v) is 8.21. The Kier molecular flexibility index (Phi) is 6.58. The zero-order valence-corrected chi connectivity index (χ0v) is 20.9. The van der Waals surface area contributed by atoms with E-state index in [1.807, 2.05) is 53.1 Å². The Bertz CT molecular complexity index is 1550. The molecule has 1 amide bonds. The van der Waals surface area contributed by atoms with E-state index < -0.39 is 40.3 Å². The molecule has 3 aromatic carbocycles. The van der Waals surface area contributed by atoms with Crippen molar-refractivity contribution in [3.05, 3.63) is 72.8 Å². The van der Waals surface area contributed by atoms with Crippen LogP contribution in [0.2, 0.25) is 0 Å². The Hall–Kier alpha value is -3.61. The molecular formula is C26H24F3N3O5S. The Morgan fingerprint density at radius 1 is 0.947 bits per heavy atom. The van der Waals surface area contributed by atoms with Gasteiger partial charge in [0.15, 0.2) is 0 Å². The maximum Gasteiger partial charge on any atom is 0.573 e. The molecule has 0 radical (unpaired) electrons. The average molecular weight is 548 g/mol. The van der Waals surface area contributed by atoms with Crippen molar-refractivity contribution in [1.29, 1.82) is 0 Å². The predicted octanol–water partition coefficient (Wildman–Crippen LogP) is 3.80. The van der Waals surface area contributed by atoms with E-state index in [-0.39, 0.29) is 23.9 Å². The summed E-state index contributed by atoms with van der Waals surface area (Å²) in [5.74, 6) is -0.858. The van der Waals surface area contributed by atoms with Crippen LogP contribution in [0.15, 0.2) is 77.7 Å². The van der Waals surface area contributed by atoms with E-state index in [2.05, 4.69) is 9.46 Å². The number of hydrogen-bond acceptors (Lipinski definition) is 5. The molecule has 0 aliphatic carbocycles. The molecule has 0 bridgehead atoms. The molecule has 3 atom stereocenters. The highest BCUT2D eigenvalue weighted by Gasteiger charge is 2.41. The molecule has 1 fully saturated rings. The Morgan fingerprint density at radius 2 is 1.50 bits per heavy atom. The standard InChI is InChI=1S/C26H24F3N3O5S/c1-16(33)31-14-21(30-38(35,36)18-12-10-17(11-13-18)37-26(27,28)29)25(34)24(15-31)32-22-8-4-2-6-19(22)20-7-3-5-9-23(20)32/h2-13,21,24-25,30,34H,14-15H2,1H3/t21-,24?,25+/m1/s1. The second-order valence-corrected chi connectivity index (χ2v) is 10.8. The molecule has 5 rings (SSSR count). The van der Waals surface area contributed by atoms with Gasteiger partial charge in [0.2, 0.25) is 15.9 Å². The van der Waals surface area contributed by atoms with Gasteiger partial charge in [0.05, 0.1) is 23.1 Å². The lowest BCUT2D eigenvalue weighted by molar-refractivity contribution is -0.274. The van der Waals surface area contributed by atoms with Gasteiger partial charge in [-0.3, -0.25) is 4.79 Å². The van der Waals surface area contributed by atoms with E-state index in [0.29, 0.717) is 0 Å². The second-order valence-electron chi connectivity index (χ2n) is 9.13. The van der Waals surface area contributed by atoms with Crippen molar-refractivity contribution >= 4 is 37.7 Å². The van der Waals surface area contributed by atoms with Crippen LogP contribution in [0.5, 0.6) is 5.75 Å². The summed E-state index contributed by atoms with van der Waals surface area (Å²) in [7, 11) is -4.27. The van der Waals surface area contributed by atoms with Crippen molar-refractivity contribution in [1.82, 2.24) is 14.2 Å². The zero-order valence-electron chi connectivity index (χ0n) is 20.1. The van der Waals surface area contributed by atoms with Gasteiger partial charge in [0.1, 0.15) is 5.75 Å². The van der Waals surface area contributed by atoms with Crippen molar-refractivity contribution in [2.24, 2.45) is 0 Å². The SMILES string of the molecule is CC(=O)N1CC(n2c3ccccc3c3ccccc32)[C@@H](O)[C@H](NS(=O)(=O)c2ccc(OC(F)(F)F)cc2)C1. The first kappa shape index (κ1) is 26.0. The number of rotatable bonds is 5. The van der Waals surface area contributed by atoms with Crippen LogP contribution in [0.25, 0.3) is 21.8 Å². The number of carbonyl (C=O) groups is 1. The summed E-state index contributed by atoms with van der Waals surface area (Å²) in [6.07, 6.45) is -6.14. The van der Waals surface area contributed by atoms with Gasteiger partial charge in [-0.25, -0.2) is 13.1 Å². The smallest absolute Gasteiger partial charge is 0.406 e. The maximum atomic E-state index is 13.1. The second kappa shape index (κ2) is 9.61. The Balaban J connectivity index is 1.50. The van der Waals surface area contributed by atoms with E-state index in [0.717, 1.165) is 46.1 Å². The van der Waals surface area contributed by atoms with Gasteiger partial charge in [-0.15, -0.1) is 13.2 Å². The highest BCUT2D eigenvalue weighted by Crippen LogP contribution is 2.35. The van der Waals surface area contributed by atoms with Crippen LogP contribution >= 0.6 is 0 Å². The molecule has 8 nitrogen and oxygen atoms in total. The summed E-state index contributed by atoms with van der Waals surface area (Å²) in [4.78, 5) is 13.6. The fraction of sp³-hybridized carbons (Fsp3) is 0.269. The van der Waals surface area contributed by atoms with E-state index in [4.69, 9.17) is 0 Å². The van der Waals surface area contributed by atoms with E-state index >= 15 is 0 Å². The molecule has 2 heterocycles. The Labute approximate surface area is 216 Å². The summed E-state index contributed by atoms with van der Waals surface area (Å²) >= 11 is 0. The highest BCUT2D eigenvalue weighted by molar-refractivity contribution is 7.89. The summed E-state index contributed by atoms with van der Waals surface area (Å²) in [6.45, 7) is 1.44. The average Bonchev–Trinajstić information content (AvgIpc) is 3.19. The lowest BCUT2D eigenvalue weighted by atomic mass is 9.97. The summed E-state index contributed by atoms with van der Waals surface area (Å²) < 4.78 is 71.9. The number of benzene rings is 3. The first-order chi connectivity index (χ1) is 17.9. The van der Waals surface area contributed by atoms with Crippen LogP contribution in [0.3, 0.4) is 0 Å². The van der Waals surface area contributed by atoms with Gasteiger partial charge in [0, 0.05) is 41.8 Å². The van der Waals surface area contributed by atoms with E-state index in [1.165, 1.54) is 11.8 Å². The van der Waals surface area contributed by atoms with Crippen LogP contribution in [-0.2, 0) is 14.8 Å². The first-order valence-corrected chi connectivity index (χ1v) is 13.2. The van der Waals surface area contributed by atoms with Crippen LogP contribution in [0, 0.1) is 0 Å². The summed E-state index contributed by atoms with van der Waals surface area (Å²) in [5.41, 5.74) is 1.65. The number of para-hydroxylation sites is 2. The fourth-order valence-corrected chi connectivity index (χ4v) is 6.26. The van der Waals surface area contributed by atoms with Crippen molar-refractivity contribution in [2.45, 2.75) is 36.4 Å². The molecule has 1 aliphatic rings. The molecule has 0 spiro atoms. The number of aromatic nitrogens is 1. The molecule has 1 aromatic heterocycles. The molecule has 0 saturated carbocycles. The number of sulfonamides is 1. The minimum atomic E-state index is -4.91. The molecule has 38 heavy (non-hydrogen) atoms. The number of alkyl halides is 3. The maximum absolute atomic E-state index is 13.1. The van der Waals surface area contributed by atoms with Gasteiger partial charge in [-0.2, -0.15) is 0 Å². The number of ether oxygens (including phenoxy) is 1. The largest absolute Gasteiger partial charge is 0.573 e. The molecule has 200 valence electrons. The van der Waals surface area contributed by atoms with Gasteiger partial charge >= 0.3 is 6.36 Å². The van der Waals surface area contributed by atoms with Gasteiger partial charge < -0.3 is 19.3 Å². The number of nitrogens with zero attached hydrogens (tertiary/aromatic N) is 2. The molecular weight excluding hydrogens is 523 g/mol. The molecule has 12 heteroatoms. The molecule has 1 aliphatic heterocycles. The van der Waals surface area contributed by atoms with E-state index in [9.17, 15) is 31.5 Å². The lowest BCUT2D eigenvalue weighted by Crippen LogP contribution is -2.60. The predicted molar refractivity (Wildman–Crippen MR) is 134 cm³/mol. The Morgan fingerprint density at radius 3 is 2.03 bits per heavy atom. The zero-order chi connectivity index (χ0) is 27.2. The quantitative estimate of drug-likeness (QED) is 0.396. The minimum Gasteiger partial charge on any atom is -0.406 e. The molecule has 1 unspecified atom stereocenters. The van der Waals surface area contributed by atoms with Crippen LogP contribution < -0.4 is 9.46 Å². The van der Waals surface area contributed by atoms with Gasteiger partial charge in [-0.05, 0) is 36.4 Å². The number of aliphatic hydroxyl groups is 1. The van der Waals surface area contributed by atoms with Crippen molar-refractivity contribution < 1.29 is 36.2 Å². The van der Waals surface area contributed by atoms with Crippen molar-refractivity contribution in [3.63, 3.8) is 0 Å². The molecule has 4 aromatic rings. The normalized spacial score (nSPS) is 20.7. The third kappa shape index (κ3) is 4.94. The summed E-state index contributed by atoms with van der Waals surface area (Å²) in [6, 6.07) is 17.2. The fourth-order valence-electron chi connectivity index (χ4n) is 5.02. The van der Waals surface area contributed by atoms with Crippen molar-refractivity contribution in [3.8, 4) is 5.75 Å².